The number of rotatable bonds is 3. The van der Waals surface area contributed by atoms with Crippen LogP contribution in [0.1, 0.15) is 0 Å². The number of nitrogens with one attached hydrogen (secondary N) is 1. The summed E-state index contributed by atoms with van der Waals surface area (Å²) in [5.41, 5.74) is 0.832. The average Bonchev–Trinajstić information content (AvgIpc) is 2.56. The Hall–Kier alpha value is -2.15. The van der Waals surface area contributed by atoms with Crippen LogP contribution in [0, 0.1) is 10.1 Å². The third-order valence-electron chi connectivity index (χ3n) is 3.79. The average molecular weight is 364 g/mol. The van der Waals surface area contributed by atoms with Crippen molar-refractivity contribution >= 4 is 33.1 Å². The first-order valence-corrected chi connectivity index (χ1v) is 7.85. The monoisotopic (exact) mass is 363 g/mol. The van der Waals surface area contributed by atoms with Crippen molar-refractivity contribution in [2.45, 2.75) is 0 Å². The molecule has 114 valence electrons. The number of nitrogens with zero attached hydrogens (tertiary/aromatic N) is 3. The summed E-state index contributed by atoms with van der Waals surface area (Å²) < 4.78 is 0.723. The Morgan fingerprint density at radius 3 is 2.45 bits per heavy atom. The van der Waals surface area contributed by atoms with E-state index in [-0.39, 0.29) is 10.6 Å². The molecule has 1 N–H and O–H groups in total. The van der Waals surface area contributed by atoms with E-state index in [1.54, 1.807) is 6.07 Å². The van der Waals surface area contributed by atoms with Crippen LogP contribution >= 0.6 is 15.9 Å². The van der Waals surface area contributed by atoms with Crippen molar-refractivity contribution in [2.24, 2.45) is 0 Å². The summed E-state index contributed by atoms with van der Waals surface area (Å²) in [5, 5.41) is 11.2. The lowest BCUT2D eigenvalue weighted by Crippen LogP contribution is -2.48. The smallest absolute Gasteiger partial charge is 0.293 e. The van der Waals surface area contributed by atoms with E-state index in [1.807, 2.05) is 36.5 Å². The molecule has 2 heterocycles. The number of nitro benzene ring substituents is 1. The Labute approximate surface area is 136 Å². The summed E-state index contributed by atoms with van der Waals surface area (Å²) in [6.45, 7) is 3.16. The number of piperazine rings is 1. The first-order valence-electron chi connectivity index (χ1n) is 7.06. The molecule has 0 unspecified atom stereocenters. The van der Waals surface area contributed by atoms with Gasteiger partial charge in [0.2, 0.25) is 0 Å². The van der Waals surface area contributed by atoms with Crippen LogP contribution in [-0.2, 0) is 0 Å². The molecule has 0 spiro atoms. The normalized spacial score (nSPS) is 15.0. The highest BCUT2D eigenvalue weighted by Gasteiger charge is 2.27. The third-order valence-corrected chi connectivity index (χ3v) is 4.28. The predicted molar refractivity (Wildman–Crippen MR) is 88.2 cm³/mol. The van der Waals surface area contributed by atoms with E-state index in [0.717, 1.165) is 36.5 Å². The number of nitro groups is 1. The number of pyridine rings is 1. The van der Waals surface area contributed by atoms with E-state index in [1.165, 1.54) is 0 Å². The number of anilines is 2. The summed E-state index contributed by atoms with van der Waals surface area (Å²) in [5.74, 6) is 1.08. The molecule has 1 aromatic heterocycles. The van der Waals surface area contributed by atoms with E-state index >= 15 is 0 Å². The minimum absolute atomic E-state index is 0.147. The Balaban J connectivity index is 1.76. The molecule has 0 atom stereocenters. The van der Waals surface area contributed by atoms with Gasteiger partial charge in [-0.25, -0.2) is 4.98 Å². The molecular weight excluding hydrogens is 348 g/mol. The quantitative estimate of drug-likeness (QED) is 0.620. The van der Waals surface area contributed by atoms with Crippen molar-refractivity contribution in [1.82, 2.24) is 0 Å². The molecule has 7 heteroatoms. The lowest BCUT2D eigenvalue weighted by atomic mass is 10.2. The van der Waals surface area contributed by atoms with Crippen LogP contribution in [0.4, 0.5) is 17.2 Å². The second-order valence-corrected chi connectivity index (χ2v) is 6.03. The van der Waals surface area contributed by atoms with E-state index in [0.29, 0.717) is 5.69 Å². The maximum Gasteiger partial charge on any atom is 0.293 e. The Morgan fingerprint density at radius 2 is 1.82 bits per heavy atom. The lowest BCUT2D eigenvalue weighted by Gasteiger charge is -2.32. The van der Waals surface area contributed by atoms with Crippen LogP contribution in [0.15, 0.2) is 47.1 Å². The zero-order chi connectivity index (χ0) is 15.5. The number of aromatic amines is 1. The molecule has 3 rings (SSSR count). The standard InChI is InChI=1S/C15H15BrN4O2/c16-12-4-5-13(14(11-12)20(21)22)18-7-9-19(10-8-18)15-3-1-2-6-17-15/h1-6,11H,7-10H2/p+1. The van der Waals surface area contributed by atoms with Gasteiger partial charge in [-0.15, -0.1) is 0 Å². The largest absolute Gasteiger partial charge is 0.358 e. The van der Waals surface area contributed by atoms with Crippen molar-refractivity contribution in [2.75, 3.05) is 36.0 Å². The Bertz CT molecular complexity index is 672. The van der Waals surface area contributed by atoms with E-state index < -0.39 is 0 Å². The van der Waals surface area contributed by atoms with Crippen molar-refractivity contribution in [3.8, 4) is 0 Å². The van der Waals surface area contributed by atoms with Crippen LogP contribution in [0.5, 0.6) is 0 Å². The van der Waals surface area contributed by atoms with E-state index in [4.69, 9.17) is 0 Å². The molecule has 0 saturated carbocycles. The summed E-state index contributed by atoms with van der Waals surface area (Å²) in [6, 6.07) is 11.2. The van der Waals surface area contributed by atoms with Gasteiger partial charge in [-0.1, -0.05) is 22.0 Å². The van der Waals surface area contributed by atoms with Crippen molar-refractivity contribution in [3.05, 3.63) is 57.2 Å². The number of H-pyrrole nitrogens is 1. The number of benzene rings is 1. The number of hydrogen-bond donors (Lipinski definition) is 0. The van der Waals surface area contributed by atoms with E-state index in [2.05, 4.69) is 30.7 Å². The predicted octanol–water partition coefficient (Wildman–Crippen LogP) is 2.50. The lowest BCUT2D eigenvalue weighted by molar-refractivity contribution is -0.384. The summed E-state index contributed by atoms with van der Waals surface area (Å²) in [4.78, 5) is 18.5. The minimum atomic E-state index is -0.322. The molecule has 0 radical (unpaired) electrons. The van der Waals surface area contributed by atoms with Gasteiger partial charge in [-0.2, -0.15) is 0 Å². The molecule has 1 aromatic carbocycles. The van der Waals surface area contributed by atoms with Gasteiger partial charge in [0.1, 0.15) is 18.8 Å². The van der Waals surface area contributed by atoms with Gasteiger partial charge in [0.05, 0.1) is 24.2 Å². The van der Waals surface area contributed by atoms with Crippen LogP contribution in [0.3, 0.4) is 0 Å². The van der Waals surface area contributed by atoms with Crippen LogP contribution in [-0.4, -0.2) is 31.1 Å². The minimum Gasteiger partial charge on any atom is -0.358 e. The molecule has 0 bridgehead atoms. The fraction of sp³-hybridized carbons (Fsp3) is 0.267. The fourth-order valence-corrected chi connectivity index (χ4v) is 3.03. The highest BCUT2D eigenvalue weighted by atomic mass is 79.9. The molecule has 1 aliphatic heterocycles. The molecule has 0 amide bonds. The van der Waals surface area contributed by atoms with Gasteiger partial charge in [-0.05, 0) is 18.2 Å². The maximum atomic E-state index is 11.2. The van der Waals surface area contributed by atoms with Crippen molar-refractivity contribution < 1.29 is 9.91 Å². The topological polar surface area (TPSA) is 63.8 Å². The summed E-state index contributed by atoms with van der Waals surface area (Å²) in [6.07, 6.45) is 1.90. The van der Waals surface area contributed by atoms with Crippen molar-refractivity contribution in [1.29, 1.82) is 0 Å². The molecule has 1 aliphatic rings. The molecule has 1 saturated heterocycles. The molecule has 0 aliphatic carbocycles. The van der Waals surface area contributed by atoms with Gasteiger partial charge in [0.15, 0.2) is 0 Å². The first kappa shape index (κ1) is 14.8. The molecule has 6 nitrogen and oxygen atoms in total. The van der Waals surface area contributed by atoms with Gasteiger partial charge in [-0.3, -0.25) is 15.0 Å². The highest BCUT2D eigenvalue weighted by molar-refractivity contribution is 9.10. The van der Waals surface area contributed by atoms with E-state index in [9.17, 15) is 10.1 Å². The molecule has 2 aromatic rings. The van der Waals surface area contributed by atoms with Crippen LogP contribution in [0.25, 0.3) is 0 Å². The Kier molecular flexibility index (Phi) is 4.24. The molecule has 1 fully saturated rings. The SMILES string of the molecule is O=[N+]([O-])c1cc(Br)ccc1N1CCN(c2cccc[nH+]2)CC1. The second kappa shape index (κ2) is 6.31. The maximum absolute atomic E-state index is 11.2. The number of hydrogen-bond acceptors (Lipinski definition) is 4. The van der Waals surface area contributed by atoms with Crippen molar-refractivity contribution in [3.63, 3.8) is 0 Å². The zero-order valence-electron chi connectivity index (χ0n) is 11.9. The first-order chi connectivity index (χ1) is 10.6. The molecule has 22 heavy (non-hydrogen) atoms. The van der Waals surface area contributed by atoms with Crippen LogP contribution < -0.4 is 14.8 Å². The van der Waals surface area contributed by atoms with Gasteiger partial charge >= 0.3 is 0 Å². The zero-order valence-corrected chi connectivity index (χ0v) is 13.5. The Morgan fingerprint density at radius 1 is 1.09 bits per heavy atom. The van der Waals surface area contributed by atoms with Gasteiger partial charge < -0.3 is 4.90 Å². The molecular formula is C15H16BrN4O2+. The fourth-order valence-electron chi connectivity index (χ4n) is 2.68. The van der Waals surface area contributed by atoms with Gasteiger partial charge in [0.25, 0.3) is 11.5 Å². The number of aromatic nitrogens is 1. The third kappa shape index (κ3) is 3.04. The summed E-state index contributed by atoms with van der Waals surface area (Å²) in [7, 11) is 0. The number of halogens is 1. The van der Waals surface area contributed by atoms with Gasteiger partial charge in [0, 0.05) is 16.6 Å². The van der Waals surface area contributed by atoms with Crippen LogP contribution in [0.2, 0.25) is 0 Å². The second-order valence-electron chi connectivity index (χ2n) is 5.11. The summed E-state index contributed by atoms with van der Waals surface area (Å²) >= 11 is 3.29. The highest BCUT2D eigenvalue weighted by Crippen LogP contribution is 2.31.